The molecule has 0 fully saturated rings. The Hall–Kier alpha value is -1.55. The zero-order valence-electron chi connectivity index (χ0n) is 9.96. The number of nitrogens with zero attached hydrogens (tertiary/aromatic N) is 1. The van der Waals surface area contributed by atoms with Gasteiger partial charge in [-0.3, -0.25) is 4.99 Å². The average Bonchev–Trinajstić information content (AvgIpc) is 2.29. The molecule has 0 aliphatic heterocycles. The smallest absolute Gasteiger partial charge is 0.195 e. The minimum atomic E-state index is 0.672. The zero-order chi connectivity index (χ0) is 11.8. The fourth-order valence-corrected chi connectivity index (χ4v) is 1.45. The first kappa shape index (κ1) is 12.5. The number of guanidine groups is 1. The largest absolute Gasteiger partial charge is 0.356 e. The monoisotopic (exact) mass is 220 g/mol. The molecular formula is C12H20N4. The van der Waals surface area contributed by atoms with E-state index in [1.165, 1.54) is 5.56 Å². The van der Waals surface area contributed by atoms with Crippen LogP contribution in [0.3, 0.4) is 0 Å². The van der Waals surface area contributed by atoms with E-state index in [0.29, 0.717) is 6.54 Å². The van der Waals surface area contributed by atoms with Gasteiger partial charge >= 0.3 is 0 Å². The molecule has 1 aromatic carbocycles. The summed E-state index contributed by atoms with van der Waals surface area (Å²) >= 11 is 0. The standard InChI is InChI=1S/C12H20N4/c1-3-15-12(14-2)16-11-6-4-5-10(9-11)7-8-13/h4-6,9H,3,7-8,13H2,1-2H3,(H2,14,15,16). The fourth-order valence-electron chi connectivity index (χ4n) is 1.45. The van der Waals surface area contributed by atoms with Crippen LogP contribution in [0.4, 0.5) is 5.69 Å². The maximum Gasteiger partial charge on any atom is 0.195 e. The first-order valence-corrected chi connectivity index (χ1v) is 5.56. The van der Waals surface area contributed by atoms with Crippen molar-refractivity contribution in [3.63, 3.8) is 0 Å². The van der Waals surface area contributed by atoms with E-state index in [1.807, 2.05) is 19.1 Å². The van der Waals surface area contributed by atoms with Crippen LogP contribution in [0.1, 0.15) is 12.5 Å². The van der Waals surface area contributed by atoms with Crippen molar-refractivity contribution in [3.05, 3.63) is 29.8 Å². The molecular weight excluding hydrogens is 200 g/mol. The van der Waals surface area contributed by atoms with Crippen LogP contribution in [0.25, 0.3) is 0 Å². The molecule has 1 aromatic rings. The summed E-state index contributed by atoms with van der Waals surface area (Å²) in [5, 5.41) is 6.37. The Bertz CT molecular complexity index is 347. The van der Waals surface area contributed by atoms with Gasteiger partial charge < -0.3 is 16.4 Å². The topological polar surface area (TPSA) is 62.4 Å². The molecule has 4 N–H and O–H groups in total. The third kappa shape index (κ3) is 3.90. The summed E-state index contributed by atoms with van der Waals surface area (Å²) in [7, 11) is 1.76. The molecule has 0 spiro atoms. The highest BCUT2D eigenvalue weighted by Gasteiger charge is 1.98. The minimum Gasteiger partial charge on any atom is -0.356 e. The summed E-state index contributed by atoms with van der Waals surface area (Å²) in [6.07, 6.45) is 0.898. The summed E-state index contributed by atoms with van der Waals surface area (Å²) in [6.45, 7) is 3.56. The van der Waals surface area contributed by atoms with Gasteiger partial charge in [-0.15, -0.1) is 0 Å². The normalized spacial score (nSPS) is 11.3. The number of nitrogens with two attached hydrogens (primary N) is 1. The van der Waals surface area contributed by atoms with Crippen molar-refractivity contribution in [1.29, 1.82) is 0 Å². The maximum absolute atomic E-state index is 5.53. The predicted molar refractivity (Wildman–Crippen MR) is 69.9 cm³/mol. The van der Waals surface area contributed by atoms with Gasteiger partial charge in [-0.05, 0) is 37.6 Å². The summed E-state index contributed by atoms with van der Waals surface area (Å²) < 4.78 is 0. The van der Waals surface area contributed by atoms with Crippen LogP contribution in [0.15, 0.2) is 29.3 Å². The summed E-state index contributed by atoms with van der Waals surface area (Å²) in [6, 6.07) is 8.21. The SMILES string of the molecule is CCNC(=NC)Nc1cccc(CCN)c1. The maximum atomic E-state index is 5.53. The van der Waals surface area contributed by atoms with E-state index in [9.17, 15) is 0 Å². The molecule has 0 amide bonds. The first-order valence-electron chi connectivity index (χ1n) is 5.56. The molecule has 4 nitrogen and oxygen atoms in total. The van der Waals surface area contributed by atoms with Crippen molar-refractivity contribution in [1.82, 2.24) is 5.32 Å². The summed E-state index contributed by atoms with van der Waals surface area (Å²) in [4.78, 5) is 4.12. The van der Waals surface area contributed by atoms with Gasteiger partial charge in [0.1, 0.15) is 0 Å². The van der Waals surface area contributed by atoms with Crippen LogP contribution in [0.2, 0.25) is 0 Å². The van der Waals surface area contributed by atoms with Crippen molar-refractivity contribution in [2.75, 3.05) is 25.5 Å². The average molecular weight is 220 g/mol. The van der Waals surface area contributed by atoms with E-state index in [0.717, 1.165) is 24.6 Å². The second kappa shape index (κ2) is 6.85. The van der Waals surface area contributed by atoms with E-state index in [1.54, 1.807) is 7.05 Å². The molecule has 0 radical (unpaired) electrons. The second-order valence-corrected chi connectivity index (χ2v) is 3.47. The Balaban J connectivity index is 2.68. The van der Waals surface area contributed by atoms with E-state index in [-0.39, 0.29) is 0 Å². The minimum absolute atomic E-state index is 0.672. The highest BCUT2D eigenvalue weighted by Crippen LogP contribution is 2.10. The zero-order valence-corrected chi connectivity index (χ0v) is 9.96. The molecule has 0 aliphatic carbocycles. The Morgan fingerprint density at radius 2 is 2.25 bits per heavy atom. The molecule has 0 heterocycles. The quantitative estimate of drug-likeness (QED) is 0.527. The molecule has 0 saturated carbocycles. The molecule has 0 aromatic heterocycles. The lowest BCUT2D eigenvalue weighted by Crippen LogP contribution is -2.30. The van der Waals surface area contributed by atoms with E-state index >= 15 is 0 Å². The van der Waals surface area contributed by atoms with Crippen LogP contribution in [0, 0.1) is 0 Å². The molecule has 16 heavy (non-hydrogen) atoms. The lowest BCUT2D eigenvalue weighted by atomic mass is 10.1. The van der Waals surface area contributed by atoms with Gasteiger partial charge in [-0.2, -0.15) is 0 Å². The summed E-state index contributed by atoms with van der Waals surface area (Å²) in [5.74, 6) is 0.785. The molecule has 0 atom stereocenters. The molecule has 0 aliphatic rings. The highest BCUT2D eigenvalue weighted by atomic mass is 15.2. The van der Waals surface area contributed by atoms with Crippen molar-refractivity contribution in [3.8, 4) is 0 Å². The van der Waals surface area contributed by atoms with Gasteiger partial charge in [0.15, 0.2) is 5.96 Å². The Morgan fingerprint density at radius 1 is 1.44 bits per heavy atom. The number of hydrogen-bond acceptors (Lipinski definition) is 2. The summed E-state index contributed by atoms with van der Waals surface area (Å²) in [5.41, 5.74) is 7.80. The Morgan fingerprint density at radius 3 is 2.88 bits per heavy atom. The van der Waals surface area contributed by atoms with Gasteiger partial charge in [0, 0.05) is 19.3 Å². The number of hydrogen-bond donors (Lipinski definition) is 3. The predicted octanol–water partition coefficient (Wildman–Crippen LogP) is 1.20. The second-order valence-electron chi connectivity index (χ2n) is 3.47. The number of anilines is 1. The molecule has 88 valence electrons. The lowest BCUT2D eigenvalue weighted by molar-refractivity contribution is 0.956. The van der Waals surface area contributed by atoms with Gasteiger partial charge in [-0.25, -0.2) is 0 Å². The fraction of sp³-hybridized carbons (Fsp3) is 0.417. The Kier molecular flexibility index (Phi) is 5.36. The first-order chi connectivity index (χ1) is 7.80. The number of nitrogens with one attached hydrogen (secondary N) is 2. The third-order valence-electron chi connectivity index (χ3n) is 2.19. The number of rotatable bonds is 4. The van der Waals surface area contributed by atoms with Crippen molar-refractivity contribution >= 4 is 11.6 Å². The Labute approximate surface area is 97.0 Å². The van der Waals surface area contributed by atoms with Gasteiger partial charge in [0.2, 0.25) is 0 Å². The van der Waals surface area contributed by atoms with Crippen LogP contribution >= 0.6 is 0 Å². The van der Waals surface area contributed by atoms with Crippen LogP contribution in [-0.4, -0.2) is 26.1 Å². The van der Waals surface area contributed by atoms with Crippen LogP contribution < -0.4 is 16.4 Å². The van der Waals surface area contributed by atoms with Crippen LogP contribution in [-0.2, 0) is 6.42 Å². The van der Waals surface area contributed by atoms with E-state index < -0.39 is 0 Å². The van der Waals surface area contributed by atoms with Crippen molar-refractivity contribution in [2.24, 2.45) is 10.7 Å². The van der Waals surface area contributed by atoms with E-state index in [2.05, 4.69) is 27.8 Å². The lowest BCUT2D eigenvalue weighted by Gasteiger charge is -2.11. The number of benzene rings is 1. The van der Waals surface area contributed by atoms with Gasteiger partial charge in [-0.1, -0.05) is 12.1 Å². The van der Waals surface area contributed by atoms with Crippen molar-refractivity contribution < 1.29 is 0 Å². The van der Waals surface area contributed by atoms with E-state index in [4.69, 9.17) is 5.73 Å². The third-order valence-corrected chi connectivity index (χ3v) is 2.19. The molecule has 0 unspecified atom stereocenters. The molecule has 4 heteroatoms. The van der Waals surface area contributed by atoms with Crippen LogP contribution in [0.5, 0.6) is 0 Å². The number of aliphatic imine (C=N–C) groups is 1. The highest BCUT2D eigenvalue weighted by molar-refractivity contribution is 5.93. The van der Waals surface area contributed by atoms with Crippen molar-refractivity contribution in [2.45, 2.75) is 13.3 Å². The van der Waals surface area contributed by atoms with Gasteiger partial charge in [0.05, 0.1) is 0 Å². The molecule has 1 rings (SSSR count). The molecule has 0 bridgehead atoms. The molecule has 0 saturated heterocycles. The van der Waals surface area contributed by atoms with Gasteiger partial charge in [0.25, 0.3) is 0 Å².